The fourth-order valence-electron chi connectivity index (χ4n) is 2.34. The molecule has 0 bridgehead atoms. The van der Waals surface area contributed by atoms with Crippen LogP contribution in [-0.4, -0.2) is 15.3 Å². The van der Waals surface area contributed by atoms with Crippen LogP contribution in [0.2, 0.25) is 5.02 Å². The van der Waals surface area contributed by atoms with E-state index < -0.39 is 0 Å². The predicted molar refractivity (Wildman–Crippen MR) is 93.0 cm³/mol. The summed E-state index contributed by atoms with van der Waals surface area (Å²) in [5.74, 6) is 2.11. The van der Waals surface area contributed by atoms with Crippen molar-refractivity contribution in [2.24, 2.45) is 5.41 Å². The Bertz CT molecular complexity index is 529. The summed E-state index contributed by atoms with van der Waals surface area (Å²) in [7, 11) is 0. The largest absolute Gasteiger partial charge is 0.334 e. The van der Waals surface area contributed by atoms with Crippen LogP contribution >= 0.6 is 23.4 Å². The molecular formula is C17H23ClN2S. The molecule has 0 spiro atoms. The minimum atomic E-state index is 0.315. The summed E-state index contributed by atoms with van der Waals surface area (Å²) < 4.78 is 2.24. The highest BCUT2D eigenvalue weighted by Crippen LogP contribution is 2.30. The summed E-state index contributed by atoms with van der Waals surface area (Å²) in [5.41, 5.74) is 1.64. The zero-order chi connectivity index (χ0) is 15.3. The molecule has 0 aliphatic heterocycles. The van der Waals surface area contributed by atoms with Crippen molar-refractivity contribution in [2.75, 3.05) is 5.75 Å². The molecule has 0 saturated carbocycles. The van der Waals surface area contributed by atoms with Gasteiger partial charge in [-0.2, -0.15) is 11.8 Å². The van der Waals surface area contributed by atoms with Crippen molar-refractivity contribution in [3.05, 3.63) is 53.6 Å². The van der Waals surface area contributed by atoms with Gasteiger partial charge >= 0.3 is 0 Å². The summed E-state index contributed by atoms with van der Waals surface area (Å²) in [5, 5.41) is 0.799. The average molecular weight is 323 g/mol. The Morgan fingerprint density at radius 1 is 1.24 bits per heavy atom. The molecule has 1 atom stereocenters. The maximum atomic E-state index is 5.92. The molecule has 114 valence electrons. The molecule has 2 rings (SSSR count). The van der Waals surface area contributed by atoms with Crippen molar-refractivity contribution in [1.29, 1.82) is 0 Å². The zero-order valence-corrected chi connectivity index (χ0v) is 14.5. The molecule has 0 radical (unpaired) electrons. The Morgan fingerprint density at radius 3 is 2.52 bits per heavy atom. The molecule has 0 amide bonds. The molecule has 0 fully saturated rings. The fraction of sp³-hybridized carbons (Fsp3) is 0.471. The molecule has 1 aromatic heterocycles. The fourth-order valence-corrected chi connectivity index (χ4v) is 3.57. The molecule has 2 aromatic rings. The minimum Gasteiger partial charge on any atom is -0.334 e. The van der Waals surface area contributed by atoms with Crippen LogP contribution in [0.4, 0.5) is 0 Å². The van der Waals surface area contributed by atoms with Gasteiger partial charge in [-0.3, -0.25) is 0 Å². The van der Waals surface area contributed by atoms with Crippen LogP contribution in [0.1, 0.15) is 38.8 Å². The van der Waals surface area contributed by atoms with E-state index in [-0.39, 0.29) is 0 Å². The van der Waals surface area contributed by atoms with Gasteiger partial charge < -0.3 is 4.57 Å². The topological polar surface area (TPSA) is 17.8 Å². The second-order valence-electron chi connectivity index (χ2n) is 6.57. The molecule has 21 heavy (non-hydrogen) atoms. The summed E-state index contributed by atoms with van der Waals surface area (Å²) >= 11 is 7.89. The molecule has 0 unspecified atom stereocenters. The van der Waals surface area contributed by atoms with E-state index in [0.717, 1.165) is 22.9 Å². The van der Waals surface area contributed by atoms with E-state index >= 15 is 0 Å². The maximum absolute atomic E-state index is 5.92. The van der Waals surface area contributed by atoms with Crippen molar-refractivity contribution in [1.82, 2.24) is 9.55 Å². The van der Waals surface area contributed by atoms with Gasteiger partial charge in [-0.05, 0) is 29.5 Å². The molecule has 1 aromatic carbocycles. The van der Waals surface area contributed by atoms with E-state index in [0.29, 0.717) is 11.5 Å². The number of halogens is 1. The van der Waals surface area contributed by atoms with Crippen molar-refractivity contribution >= 4 is 23.4 Å². The summed E-state index contributed by atoms with van der Waals surface area (Å²) in [4.78, 5) is 4.19. The van der Waals surface area contributed by atoms with Crippen molar-refractivity contribution < 1.29 is 0 Å². The lowest BCUT2D eigenvalue weighted by Gasteiger charge is -2.26. The Labute approximate surface area is 136 Å². The lowest BCUT2D eigenvalue weighted by atomic mass is 9.88. The number of imidazole rings is 1. The second-order valence-corrected chi connectivity index (χ2v) is 8.04. The first kappa shape index (κ1) is 16.4. The first-order chi connectivity index (χ1) is 9.94. The number of thioether (sulfide) groups is 1. The lowest BCUT2D eigenvalue weighted by molar-refractivity contribution is 0.309. The Hall–Kier alpha value is -0.930. The quantitative estimate of drug-likeness (QED) is 0.704. The smallest absolute Gasteiger partial charge is 0.0948 e. The zero-order valence-electron chi connectivity index (χ0n) is 12.9. The van der Waals surface area contributed by atoms with Crippen LogP contribution < -0.4 is 0 Å². The number of rotatable bonds is 6. The third kappa shape index (κ3) is 5.76. The van der Waals surface area contributed by atoms with Gasteiger partial charge in [-0.15, -0.1) is 0 Å². The Kier molecular flexibility index (Phi) is 5.77. The summed E-state index contributed by atoms with van der Waals surface area (Å²) in [6, 6.07) is 8.61. The Balaban J connectivity index is 1.91. The highest BCUT2D eigenvalue weighted by molar-refractivity contribution is 7.98. The van der Waals surface area contributed by atoms with E-state index in [9.17, 15) is 0 Å². The van der Waals surface area contributed by atoms with Crippen molar-refractivity contribution in [3.8, 4) is 0 Å². The van der Waals surface area contributed by atoms with E-state index in [1.54, 1.807) is 0 Å². The summed E-state index contributed by atoms with van der Waals surface area (Å²) in [6.07, 6.45) is 7.01. The Morgan fingerprint density at radius 2 is 1.95 bits per heavy atom. The number of nitrogens with zero attached hydrogens (tertiary/aromatic N) is 2. The van der Waals surface area contributed by atoms with Gasteiger partial charge in [0.15, 0.2) is 0 Å². The average Bonchev–Trinajstić information content (AvgIpc) is 2.92. The van der Waals surface area contributed by atoms with Gasteiger partial charge in [0.25, 0.3) is 0 Å². The molecule has 4 heteroatoms. The summed E-state index contributed by atoms with van der Waals surface area (Å²) in [6.45, 7) is 6.88. The lowest BCUT2D eigenvalue weighted by Crippen LogP contribution is -2.18. The second kappa shape index (κ2) is 7.37. The number of hydrogen-bond acceptors (Lipinski definition) is 2. The van der Waals surface area contributed by atoms with Crippen molar-refractivity contribution in [3.63, 3.8) is 0 Å². The van der Waals surface area contributed by atoms with Gasteiger partial charge in [0.05, 0.1) is 6.33 Å². The predicted octanol–water partition coefficient (Wildman–Crippen LogP) is 5.45. The van der Waals surface area contributed by atoms with E-state index in [4.69, 9.17) is 11.6 Å². The third-order valence-corrected chi connectivity index (χ3v) is 4.70. The highest BCUT2D eigenvalue weighted by Gasteiger charge is 2.19. The monoisotopic (exact) mass is 322 g/mol. The third-order valence-electron chi connectivity index (χ3n) is 3.29. The van der Waals surface area contributed by atoms with Crippen LogP contribution in [-0.2, 0) is 5.75 Å². The van der Waals surface area contributed by atoms with Gasteiger partial charge in [0, 0.05) is 35.0 Å². The molecule has 0 aliphatic rings. The maximum Gasteiger partial charge on any atom is 0.0948 e. The molecule has 0 saturated heterocycles. The first-order valence-corrected chi connectivity index (χ1v) is 8.77. The highest BCUT2D eigenvalue weighted by atomic mass is 35.5. The number of aromatic nitrogens is 2. The standard InChI is InChI=1S/C17H23ClN2S/c1-17(2,3)10-16(20-9-8-19-13-20)12-21-11-14-4-6-15(18)7-5-14/h4-9,13,16H,10-12H2,1-3H3/t16-/m1/s1. The SMILES string of the molecule is CC(C)(C)C[C@H](CSCc1ccc(Cl)cc1)n1ccnc1. The molecule has 0 aliphatic carbocycles. The van der Waals surface area contributed by atoms with Crippen LogP contribution in [0.5, 0.6) is 0 Å². The first-order valence-electron chi connectivity index (χ1n) is 7.24. The van der Waals surface area contributed by atoms with Gasteiger partial charge in [-0.1, -0.05) is 44.5 Å². The molecule has 0 N–H and O–H groups in total. The minimum absolute atomic E-state index is 0.315. The van der Waals surface area contributed by atoms with Crippen LogP contribution in [0.3, 0.4) is 0 Å². The molecular weight excluding hydrogens is 300 g/mol. The van der Waals surface area contributed by atoms with Gasteiger partial charge in [0.2, 0.25) is 0 Å². The van der Waals surface area contributed by atoms with Gasteiger partial charge in [0.1, 0.15) is 0 Å². The van der Waals surface area contributed by atoms with E-state index in [2.05, 4.69) is 48.7 Å². The molecule has 1 heterocycles. The van der Waals surface area contributed by atoms with Crippen molar-refractivity contribution in [2.45, 2.75) is 39.0 Å². The molecule has 2 nitrogen and oxygen atoms in total. The normalized spacial score (nSPS) is 13.3. The number of benzene rings is 1. The van der Waals surface area contributed by atoms with E-state index in [1.165, 1.54) is 5.56 Å². The van der Waals surface area contributed by atoms with Crippen LogP contribution in [0, 0.1) is 5.41 Å². The van der Waals surface area contributed by atoms with Crippen LogP contribution in [0.25, 0.3) is 0 Å². The number of hydrogen-bond donors (Lipinski definition) is 0. The van der Waals surface area contributed by atoms with Gasteiger partial charge in [-0.25, -0.2) is 4.98 Å². The van der Waals surface area contributed by atoms with E-state index in [1.807, 2.05) is 36.4 Å². The van der Waals surface area contributed by atoms with Crippen LogP contribution in [0.15, 0.2) is 43.0 Å².